The van der Waals surface area contributed by atoms with Crippen LogP contribution in [0.2, 0.25) is 5.02 Å². The van der Waals surface area contributed by atoms with Crippen LogP contribution >= 0.6 is 11.6 Å². The van der Waals surface area contributed by atoms with Crippen LogP contribution in [0.4, 0.5) is 5.82 Å². The smallest absolute Gasteiger partial charge is 0.233 e. The van der Waals surface area contributed by atoms with E-state index in [0.717, 1.165) is 63.2 Å². The van der Waals surface area contributed by atoms with Gasteiger partial charge >= 0.3 is 0 Å². The third kappa shape index (κ3) is 3.16. The Balaban J connectivity index is 1.50. The molecule has 0 N–H and O–H groups in total. The van der Waals surface area contributed by atoms with Gasteiger partial charge in [-0.25, -0.2) is 4.98 Å². The summed E-state index contributed by atoms with van der Waals surface area (Å²) < 4.78 is 0. The molecule has 6 heteroatoms. The summed E-state index contributed by atoms with van der Waals surface area (Å²) in [5, 5.41) is 0.715. The minimum atomic E-state index is -0.376. The minimum Gasteiger partial charge on any atom is -0.352 e. The number of hydrogen-bond acceptors (Lipinski definition) is 4. The number of halogens is 1. The van der Waals surface area contributed by atoms with Crippen LogP contribution in [0.15, 0.2) is 42.9 Å². The number of hydrogen-bond donors (Lipinski definition) is 0. The van der Waals surface area contributed by atoms with Crippen molar-refractivity contribution in [1.82, 2.24) is 14.9 Å². The van der Waals surface area contributed by atoms with Crippen molar-refractivity contribution in [3.05, 3.63) is 53.4 Å². The van der Waals surface area contributed by atoms with Gasteiger partial charge in [0.2, 0.25) is 5.91 Å². The van der Waals surface area contributed by atoms with Gasteiger partial charge in [0.1, 0.15) is 5.82 Å². The lowest BCUT2D eigenvalue weighted by Crippen LogP contribution is -2.54. The Morgan fingerprint density at radius 3 is 2.31 bits per heavy atom. The normalized spacial score (nSPS) is 19.6. The first-order chi connectivity index (χ1) is 12.7. The van der Waals surface area contributed by atoms with Crippen LogP contribution in [0.25, 0.3) is 0 Å². The van der Waals surface area contributed by atoms with Crippen LogP contribution < -0.4 is 4.90 Å². The van der Waals surface area contributed by atoms with E-state index in [9.17, 15) is 4.79 Å². The van der Waals surface area contributed by atoms with Crippen molar-refractivity contribution in [2.75, 3.05) is 31.1 Å². The molecular weight excluding hydrogens is 348 g/mol. The van der Waals surface area contributed by atoms with E-state index in [1.165, 1.54) is 0 Å². The van der Waals surface area contributed by atoms with Crippen LogP contribution in [0, 0.1) is 0 Å². The molecule has 2 fully saturated rings. The first-order valence-electron chi connectivity index (χ1n) is 9.25. The number of piperazine rings is 1. The van der Waals surface area contributed by atoms with Gasteiger partial charge in [0.05, 0.1) is 11.6 Å². The SMILES string of the molecule is O=C(N1CCN(c2cnccn2)CC1)C1(c2ccc(Cl)cc2)CCCC1. The molecule has 2 aliphatic rings. The second-order valence-electron chi connectivity index (χ2n) is 7.14. The zero-order valence-corrected chi connectivity index (χ0v) is 15.5. The summed E-state index contributed by atoms with van der Waals surface area (Å²) >= 11 is 6.05. The van der Waals surface area contributed by atoms with E-state index in [1.807, 2.05) is 29.2 Å². The van der Waals surface area contributed by atoms with Crippen LogP contribution in [0.5, 0.6) is 0 Å². The first kappa shape index (κ1) is 17.3. The number of benzene rings is 1. The Morgan fingerprint density at radius 2 is 1.69 bits per heavy atom. The Labute approximate surface area is 159 Å². The van der Waals surface area contributed by atoms with E-state index < -0.39 is 0 Å². The third-order valence-corrected chi connectivity index (χ3v) is 5.96. The van der Waals surface area contributed by atoms with Crippen LogP contribution in [-0.2, 0) is 10.2 Å². The second kappa shape index (κ2) is 7.23. The molecule has 0 radical (unpaired) electrons. The minimum absolute atomic E-state index is 0.274. The van der Waals surface area contributed by atoms with E-state index in [2.05, 4.69) is 14.9 Å². The number of anilines is 1. The number of carbonyl (C=O) groups is 1. The highest BCUT2D eigenvalue weighted by atomic mass is 35.5. The molecular formula is C20H23ClN4O. The highest BCUT2D eigenvalue weighted by Gasteiger charge is 2.45. The molecule has 1 aromatic carbocycles. The average Bonchev–Trinajstić information content (AvgIpc) is 3.20. The molecule has 2 aromatic rings. The molecule has 0 unspecified atom stereocenters. The molecule has 2 heterocycles. The van der Waals surface area contributed by atoms with Crippen molar-refractivity contribution in [3.8, 4) is 0 Å². The number of carbonyl (C=O) groups excluding carboxylic acids is 1. The quantitative estimate of drug-likeness (QED) is 0.831. The van der Waals surface area contributed by atoms with E-state index in [4.69, 9.17) is 11.6 Å². The predicted octanol–water partition coefficient (Wildman–Crippen LogP) is 3.29. The molecule has 1 saturated heterocycles. The topological polar surface area (TPSA) is 49.3 Å². The largest absolute Gasteiger partial charge is 0.352 e. The maximum absolute atomic E-state index is 13.5. The zero-order valence-electron chi connectivity index (χ0n) is 14.8. The fourth-order valence-corrected chi connectivity index (χ4v) is 4.40. The van der Waals surface area contributed by atoms with Crippen LogP contribution in [-0.4, -0.2) is 47.0 Å². The number of rotatable bonds is 3. The third-order valence-electron chi connectivity index (χ3n) is 5.70. The maximum Gasteiger partial charge on any atom is 0.233 e. The van der Waals surface area contributed by atoms with Gasteiger partial charge in [0.15, 0.2) is 0 Å². The van der Waals surface area contributed by atoms with Gasteiger partial charge in [0, 0.05) is 43.6 Å². The molecule has 1 aliphatic heterocycles. The van der Waals surface area contributed by atoms with Crippen LogP contribution in [0.1, 0.15) is 31.2 Å². The van der Waals surface area contributed by atoms with Gasteiger partial charge in [-0.15, -0.1) is 0 Å². The molecule has 136 valence electrons. The summed E-state index contributed by atoms with van der Waals surface area (Å²) in [7, 11) is 0. The molecule has 0 atom stereocenters. The first-order valence-corrected chi connectivity index (χ1v) is 9.63. The van der Waals surface area contributed by atoms with Gasteiger partial charge in [0.25, 0.3) is 0 Å². The molecule has 0 bridgehead atoms. The summed E-state index contributed by atoms with van der Waals surface area (Å²) in [6.07, 6.45) is 9.24. The molecule has 4 rings (SSSR count). The second-order valence-corrected chi connectivity index (χ2v) is 7.58. The van der Waals surface area contributed by atoms with Gasteiger partial charge in [-0.3, -0.25) is 9.78 Å². The molecule has 0 spiro atoms. The van der Waals surface area contributed by atoms with Crippen molar-refractivity contribution in [2.24, 2.45) is 0 Å². The van der Waals surface area contributed by atoms with E-state index >= 15 is 0 Å². The lowest BCUT2D eigenvalue weighted by atomic mass is 9.77. The summed E-state index contributed by atoms with van der Waals surface area (Å²) in [6.45, 7) is 3.04. The fraction of sp³-hybridized carbons (Fsp3) is 0.450. The van der Waals surface area contributed by atoms with Gasteiger partial charge < -0.3 is 9.80 Å². The molecule has 1 aromatic heterocycles. The molecule has 1 saturated carbocycles. The highest BCUT2D eigenvalue weighted by Crippen LogP contribution is 2.43. The van der Waals surface area contributed by atoms with Crippen molar-refractivity contribution in [2.45, 2.75) is 31.1 Å². The lowest BCUT2D eigenvalue weighted by Gasteiger charge is -2.40. The van der Waals surface area contributed by atoms with Crippen molar-refractivity contribution in [3.63, 3.8) is 0 Å². The summed E-state index contributed by atoms with van der Waals surface area (Å²) in [6, 6.07) is 7.86. The van der Waals surface area contributed by atoms with Gasteiger partial charge in [-0.05, 0) is 30.5 Å². The van der Waals surface area contributed by atoms with Crippen molar-refractivity contribution < 1.29 is 4.79 Å². The van der Waals surface area contributed by atoms with E-state index in [-0.39, 0.29) is 11.3 Å². The molecule has 26 heavy (non-hydrogen) atoms. The van der Waals surface area contributed by atoms with E-state index in [1.54, 1.807) is 18.6 Å². The number of amides is 1. The van der Waals surface area contributed by atoms with Crippen molar-refractivity contribution >= 4 is 23.3 Å². The zero-order chi connectivity index (χ0) is 18.0. The Morgan fingerprint density at radius 1 is 1.00 bits per heavy atom. The fourth-order valence-electron chi connectivity index (χ4n) is 4.27. The standard InChI is InChI=1S/C20H23ClN4O/c21-17-5-3-16(4-6-17)20(7-1-2-8-20)19(26)25-13-11-24(12-14-25)18-15-22-9-10-23-18/h3-6,9-10,15H,1-2,7-8,11-14H2. The predicted molar refractivity (Wildman–Crippen MR) is 102 cm³/mol. The monoisotopic (exact) mass is 370 g/mol. The van der Waals surface area contributed by atoms with E-state index in [0.29, 0.717) is 5.02 Å². The summed E-state index contributed by atoms with van der Waals surface area (Å²) in [5.41, 5.74) is 0.736. The lowest BCUT2D eigenvalue weighted by molar-refractivity contribution is -0.137. The Bertz CT molecular complexity index is 751. The summed E-state index contributed by atoms with van der Waals surface area (Å²) in [5.74, 6) is 1.16. The number of nitrogens with zero attached hydrogens (tertiary/aromatic N) is 4. The molecule has 5 nitrogen and oxygen atoms in total. The Kier molecular flexibility index (Phi) is 4.81. The summed E-state index contributed by atoms with van der Waals surface area (Å²) in [4.78, 5) is 26.2. The van der Waals surface area contributed by atoms with Gasteiger partial charge in [-0.1, -0.05) is 36.6 Å². The maximum atomic E-state index is 13.5. The number of aromatic nitrogens is 2. The van der Waals surface area contributed by atoms with Crippen LogP contribution in [0.3, 0.4) is 0 Å². The van der Waals surface area contributed by atoms with Gasteiger partial charge in [-0.2, -0.15) is 0 Å². The molecule has 1 aliphatic carbocycles. The Hall–Kier alpha value is -2.14. The van der Waals surface area contributed by atoms with Crippen molar-refractivity contribution in [1.29, 1.82) is 0 Å². The highest BCUT2D eigenvalue weighted by molar-refractivity contribution is 6.30. The molecule has 1 amide bonds. The average molecular weight is 371 g/mol.